The fourth-order valence-electron chi connectivity index (χ4n) is 2.77. The van der Waals surface area contributed by atoms with Crippen molar-refractivity contribution in [2.45, 2.75) is 31.8 Å². The number of halogens is 2. The maximum Gasteiger partial charge on any atom is 0.309 e. The van der Waals surface area contributed by atoms with Crippen LogP contribution >= 0.6 is 0 Å². The van der Waals surface area contributed by atoms with Crippen LogP contribution in [0, 0.1) is 11.8 Å². The maximum atomic E-state index is 13.5. The molecule has 5 heteroatoms. The Balaban J connectivity index is 1.91. The zero-order valence-electron chi connectivity index (χ0n) is 12.1. The Labute approximate surface area is 123 Å². The molecule has 0 saturated heterocycles. The van der Waals surface area contributed by atoms with Crippen LogP contribution in [-0.2, 0) is 20.9 Å². The van der Waals surface area contributed by atoms with E-state index in [-0.39, 0.29) is 25.9 Å². The number of esters is 1. The summed E-state index contributed by atoms with van der Waals surface area (Å²) in [5.41, 5.74) is 0.981. The summed E-state index contributed by atoms with van der Waals surface area (Å²) in [6.07, 6.45) is -0.428. The third-order valence-corrected chi connectivity index (χ3v) is 3.90. The van der Waals surface area contributed by atoms with Crippen molar-refractivity contribution in [1.29, 1.82) is 0 Å². The van der Waals surface area contributed by atoms with Crippen molar-refractivity contribution >= 4 is 5.97 Å². The number of carbonyl (C=O) groups is 1. The normalized spacial score (nSPS) is 24.5. The Hall–Kier alpha value is -1.49. The largest absolute Gasteiger partial charge is 0.469 e. The fraction of sp³-hybridized carbons (Fsp3) is 0.562. The monoisotopic (exact) mass is 298 g/mol. The first-order valence-corrected chi connectivity index (χ1v) is 7.09. The summed E-state index contributed by atoms with van der Waals surface area (Å²) < 4.78 is 37.3. The maximum absolute atomic E-state index is 13.5. The number of alkyl halides is 2. The predicted molar refractivity (Wildman–Crippen MR) is 73.9 cm³/mol. The van der Waals surface area contributed by atoms with Crippen molar-refractivity contribution in [3.63, 3.8) is 0 Å². The first-order valence-electron chi connectivity index (χ1n) is 7.09. The SMILES string of the molecule is COC(=O)[C@@H]1CCC(F)(F)C[C@H]1COCc1ccccc1. The molecule has 0 bridgehead atoms. The van der Waals surface area contributed by atoms with Crippen LogP contribution in [0.2, 0.25) is 0 Å². The third kappa shape index (κ3) is 4.49. The number of benzene rings is 1. The van der Waals surface area contributed by atoms with Crippen LogP contribution in [0.5, 0.6) is 0 Å². The molecule has 1 aromatic rings. The molecule has 2 rings (SSSR count). The van der Waals surface area contributed by atoms with E-state index in [2.05, 4.69) is 0 Å². The van der Waals surface area contributed by atoms with Gasteiger partial charge in [-0.2, -0.15) is 0 Å². The van der Waals surface area contributed by atoms with Crippen LogP contribution in [0.15, 0.2) is 30.3 Å². The Morgan fingerprint density at radius 1 is 1.33 bits per heavy atom. The minimum absolute atomic E-state index is 0.143. The highest BCUT2D eigenvalue weighted by molar-refractivity contribution is 5.72. The molecule has 1 aromatic carbocycles. The molecule has 116 valence electrons. The van der Waals surface area contributed by atoms with Crippen LogP contribution in [-0.4, -0.2) is 25.6 Å². The second kappa shape index (κ2) is 6.98. The van der Waals surface area contributed by atoms with E-state index >= 15 is 0 Å². The van der Waals surface area contributed by atoms with Crippen LogP contribution in [0.4, 0.5) is 8.78 Å². The van der Waals surface area contributed by atoms with Gasteiger partial charge in [-0.15, -0.1) is 0 Å². The minimum Gasteiger partial charge on any atom is -0.469 e. The van der Waals surface area contributed by atoms with Crippen molar-refractivity contribution in [3.8, 4) is 0 Å². The van der Waals surface area contributed by atoms with Gasteiger partial charge >= 0.3 is 5.97 Å². The van der Waals surface area contributed by atoms with E-state index < -0.39 is 23.7 Å². The van der Waals surface area contributed by atoms with Gasteiger partial charge in [0.25, 0.3) is 0 Å². The number of carbonyl (C=O) groups excluding carboxylic acids is 1. The predicted octanol–water partition coefficient (Wildman–Crippen LogP) is 3.43. The quantitative estimate of drug-likeness (QED) is 0.781. The molecule has 1 saturated carbocycles. The summed E-state index contributed by atoms with van der Waals surface area (Å²) in [7, 11) is 1.29. The van der Waals surface area contributed by atoms with Gasteiger partial charge in [-0.1, -0.05) is 30.3 Å². The fourth-order valence-corrected chi connectivity index (χ4v) is 2.77. The van der Waals surface area contributed by atoms with Crippen molar-refractivity contribution < 1.29 is 23.0 Å². The van der Waals surface area contributed by atoms with Crippen LogP contribution < -0.4 is 0 Å². The third-order valence-electron chi connectivity index (χ3n) is 3.90. The molecule has 1 aliphatic carbocycles. The highest BCUT2D eigenvalue weighted by Crippen LogP contribution is 2.40. The lowest BCUT2D eigenvalue weighted by molar-refractivity contribution is -0.156. The van der Waals surface area contributed by atoms with Gasteiger partial charge in [-0.25, -0.2) is 8.78 Å². The van der Waals surface area contributed by atoms with E-state index in [1.807, 2.05) is 30.3 Å². The van der Waals surface area contributed by atoms with Gasteiger partial charge in [0.05, 0.1) is 26.2 Å². The van der Waals surface area contributed by atoms with Gasteiger partial charge in [0.2, 0.25) is 5.92 Å². The molecular formula is C16H20F2O3. The van der Waals surface area contributed by atoms with Gasteiger partial charge < -0.3 is 9.47 Å². The number of hydrogen-bond donors (Lipinski definition) is 0. The lowest BCUT2D eigenvalue weighted by Gasteiger charge is -2.34. The molecule has 0 radical (unpaired) electrons. The molecule has 0 unspecified atom stereocenters. The van der Waals surface area contributed by atoms with E-state index in [1.165, 1.54) is 7.11 Å². The smallest absolute Gasteiger partial charge is 0.309 e. The van der Waals surface area contributed by atoms with E-state index in [0.717, 1.165) is 5.56 Å². The average Bonchev–Trinajstić information content (AvgIpc) is 2.47. The van der Waals surface area contributed by atoms with Crippen molar-refractivity contribution in [2.24, 2.45) is 11.8 Å². The molecule has 0 amide bonds. The molecular weight excluding hydrogens is 278 g/mol. The lowest BCUT2D eigenvalue weighted by atomic mass is 9.78. The second-order valence-electron chi connectivity index (χ2n) is 5.49. The van der Waals surface area contributed by atoms with Crippen molar-refractivity contribution in [1.82, 2.24) is 0 Å². The van der Waals surface area contributed by atoms with Gasteiger partial charge in [-0.05, 0) is 12.0 Å². The summed E-state index contributed by atoms with van der Waals surface area (Å²) in [6.45, 7) is 0.501. The Morgan fingerprint density at radius 2 is 2.05 bits per heavy atom. The minimum atomic E-state index is -2.72. The number of rotatable bonds is 5. The summed E-state index contributed by atoms with van der Waals surface area (Å²) in [5, 5.41) is 0. The molecule has 2 atom stereocenters. The van der Waals surface area contributed by atoms with E-state index in [4.69, 9.17) is 9.47 Å². The summed E-state index contributed by atoms with van der Waals surface area (Å²) in [6, 6.07) is 9.51. The van der Waals surface area contributed by atoms with Crippen molar-refractivity contribution in [3.05, 3.63) is 35.9 Å². The van der Waals surface area contributed by atoms with Gasteiger partial charge in [0, 0.05) is 18.8 Å². The van der Waals surface area contributed by atoms with E-state index in [0.29, 0.717) is 6.61 Å². The van der Waals surface area contributed by atoms with Crippen LogP contribution in [0.25, 0.3) is 0 Å². The topological polar surface area (TPSA) is 35.5 Å². The first kappa shape index (κ1) is 15.9. The molecule has 1 fully saturated rings. The summed E-state index contributed by atoms with van der Waals surface area (Å²) in [4.78, 5) is 11.7. The molecule has 0 heterocycles. The van der Waals surface area contributed by atoms with E-state index in [9.17, 15) is 13.6 Å². The summed E-state index contributed by atoms with van der Waals surface area (Å²) >= 11 is 0. The number of methoxy groups -OCH3 is 1. The van der Waals surface area contributed by atoms with Gasteiger partial charge in [-0.3, -0.25) is 4.79 Å². The molecule has 0 N–H and O–H groups in total. The summed E-state index contributed by atoms with van der Waals surface area (Å²) in [5.74, 6) is -4.13. The zero-order valence-corrected chi connectivity index (χ0v) is 12.1. The molecule has 21 heavy (non-hydrogen) atoms. The van der Waals surface area contributed by atoms with E-state index in [1.54, 1.807) is 0 Å². The Bertz CT molecular complexity index is 462. The highest BCUT2D eigenvalue weighted by atomic mass is 19.3. The Kier molecular flexibility index (Phi) is 5.28. The van der Waals surface area contributed by atoms with Gasteiger partial charge in [0.15, 0.2) is 0 Å². The number of hydrogen-bond acceptors (Lipinski definition) is 3. The Morgan fingerprint density at radius 3 is 2.71 bits per heavy atom. The molecule has 1 aliphatic rings. The lowest BCUT2D eigenvalue weighted by Crippen LogP contribution is -2.39. The molecule has 0 aromatic heterocycles. The molecule has 0 spiro atoms. The molecule has 3 nitrogen and oxygen atoms in total. The van der Waals surface area contributed by atoms with Crippen molar-refractivity contribution in [2.75, 3.05) is 13.7 Å². The van der Waals surface area contributed by atoms with Crippen LogP contribution in [0.1, 0.15) is 24.8 Å². The standard InChI is InChI=1S/C16H20F2O3/c1-20-15(19)14-7-8-16(17,18)9-13(14)11-21-10-12-5-3-2-4-6-12/h2-6,13-14H,7-11H2,1H3/t13-,14+/m0/s1. The highest BCUT2D eigenvalue weighted by Gasteiger charge is 2.44. The van der Waals surface area contributed by atoms with Gasteiger partial charge in [0.1, 0.15) is 0 Å². The van der Waals surface area contributed by atoms with Crippen LogP contribution in [0.3, 0.4) is 0 Å². The second-order valence-corrected chi connectivity index (χ2v) is 5.49. The zero-order chi connectivity index (χ0) is 15.3. The number of ether oxygens (including phenoxy) is 2. The average molecular weight is 298 g/mol. The molecule has 0 aliphatic heterocycles. The first-order chi connectivity index (χ1) is 10.0.